The molecule has 0 fully saturated rings. The largest absolute Gasteiger partial charge is 0.357 e. The number of nitrogens with zero attached hydrogens (tertiary/aromatic N) is 1. The van der Waals surface area contributed by atoms with E-state index in [1.54, 1.807) is 37.3 Å². The number of halogens is 2. The second kappa shape index (κ2) is 9.59. The standard InChI is InChI=1S/C19H20ClFN2O2S/c1-13(19(25)22-2)23(11-14-5-3-4-6-17(14)21)18(24)12-26-16-9-7-15(20)8-10-16/h3-10,13H,11-12H2,1-2H3,(H,22,25)/t13-/m1/s1. The number of benzene rings is 2. The third-order valence-corrected chi connectivity index (χ3v) is 5.14. The van der Waals surface area contributed by atoms with E-state index in [0.29, 0.717) is 10.6 Å². The lowest BCUT2D eigenvalue weighted by molar-refractivity contribution is -0.138. The minimum absolute atomic E-state index is 0.0290. The van der Waals surface area contributed by atoms with Gasteiger partial charge in [0.2, 0.25) is 11.8 Å². The van der Waals surface area contributed by atoms with Gasteiger partial charge in [-0.1, -0.05) is 29.8 Å². The minimum atomic E-state index is -0.710. The van der Waals surface area contributed by atoms with Crippen molar-refractivity contribution in [1.82, 2.24) is 10.2 Å². The molecule has 7 heteroatoms. The predicted molar refractivity (Wildman–Crippen MR) is 103 cm³/mol. The second-order valence-electron chi connectivity index (χ2n) is 5.65. The van der Waals surface area contributed by atoms with Gasteiger partial charge in [-0.05, 0) is 37.3 Å². The molecule has 0 spiro atoms. The quantitative estimate of drug-likeness (QED) is 0.728. The van der Waals surface area contributed by atoms with E-state index in [2.05, 4.69) is 5.32 Å². The molecule has 0 saturated heterocycles. The zero-order valence-corrected chi connectivity index (χ0v) is 16.1. The zero-order chi connectivity index (χ0) is 19.1. The Morgan fingerprint density at radius 3 is 2.46 bits per heavy atom. The monoisotopic (exact) mass is 394 g/mol. The Hall–Kier alpha value is -2.05. The molecule has 2 aromatic rings. The van der Waals surface area contributed by atoms with Gasteiger partial charge >= 0.3 is 0 Å². The van der Waals surface area contributed by atoms with Gasteiger partial charge in [0.05, 0.1) is 5.75 Å². The van der Waals surface area contributed by atoms with Gasteiger partial charge in [0.1, 0.15) is 11.9 Å². The van der Waals surface area contributed by atoms with Gasteiger partial charge in [-0.15, -0.1) is 11.8 Å². The molecule has 2 rings (SSSR count). The molecule has 0 aromatic heterocycles. The lowest BCUT2D eigenvalue weighted by Crippen LogP contribution is -2.47. The topological polar surface area (TPSA) is 49.4 Å². The van der Waals surface area contributed by atoms with Crippen LogP contribution in [0.2, 0.25) is 5.02 Å². The highest BCUT2D eigenvalue weighted by Gasteiger charge is 2.26. The van der Waals surface area contributed by atoms with Crippen LogP contribution in [-0.2, 0) is 16.1 Å². The van der Waals surface area contributed by atoms with Crippen LogP contribution < -0.4 is 5.32 Å². The van der Waals surface area contributed by atoms with Crippen LogP contribution in [0.25, 0.3) is 0 Å². The Balaban J connectivity index is 2.13. The van der Waals surface area contributed by atoms with Crippen LogP contribution in [0.1, 0.15) is 12.5 Å². The lowest BCUT2D eigenvalue weighted by Gasteiger charge is -2.28. The predicted octanol–water partition coefficient (Wildman–Crippen LogP) is 3.73. The molecule has 1 N–H and O–H groups in total. The van der Waals surface area contributed by atoms with Crippen molar-refractivity contribution >= 4 is 35.2 Å². The summed E-state index contributed by atoms with van der Waals surface area (Å²) < 4.78 is 14.0. The van der Waals surface area contributed by atoms with Crippen LogP contribution >= 0.6 is 23.4 Å². The first-order valence-corrected chi connectivity index (χ1v) is 9.41. The molecular formula is C19H20ClFN2O2S. The summed E-state index contributed by atoms with van der Waals surface area (Å²) in [4.78, 5) is 27.0. The van der Waals surface area contributed by atoms with Gasteiger partial charge in [0.25, 0.3) is 0 Å². The van der Waals surface area contributed by atoms with E-state index < -0.39 is 11.9 Å². The molecule has 0 unspecified atom stereocenters. The number of amides is 2. The molecule has 0 heterocycles. The molecule has 138 valence electrons. The van der Waals surface area contributed by atoms with E-state index in [0.717, 1.165) is 4.90 Å². The SMILES string of the molecule is CNC(=O)[C@@H](C)N(Cc1ccccc1F)C(=O)CSc1ccc(Cl)cc1. The first-order chi connectivity index (χ1) is 12.4. The summed E-state index contributed by atoms with van der Waals surface area (Å²) in [6.07, 6.45) is 0. The van der Waals surface area contributed by atoms with Gasteiger partial charge in [-0.3, -0.25) is 9.59 Å². The highest BCUT2D eigenvalue weighted by molar-refractivity contribution is 8.00. The fourth-order valence-corrected chi connectivity index (χ4v) is 3.27. The van der Waals surface area contributed by atoms with Crippen molar-refractivity contribution in [1.29, 1.82) is 0 Å². The summed E-state index contributed by atoms with van der Waals surface area (Å²) in [5, 5.41) is 3.15. The number of thioether (sulfide) groups is 1. The Morgan fingerprint density at radius 2 is 1.85 bits per heavy atom. The number of carbonyl (C=O) groups excluding carboxylic acids is 2. The van der Waals surface area contributed by atoms with Gasteiger partial charge in [-0.25, -0.2) is 4.39 Å². The highest BCUT2D eigenvalue weighted by atomic mass is 35.5. The van der Waals surface area contributed by atoms with E-state index in [-0.39, 0.29) is 24.1 Å². The van der Waals surface area contributed by atoms with Crippen molar-refractivity contribution in [2.75, 3.05) is 12.8 Å². The summed E-state index contributed by atoms with van der Waals surface area (Å²) >= 11 is 7.20. The first kappa shape index (κ1) is 20.3. The molecule has 0 aliphatic carbocycles. The second-order valence-corrected chi connectivity index (χ2v) is 7.13. The Morgan fingerprint density at radius 1 is 1.19 bits per heavy atom. The number of carbonyl (C=O) groups is 2. The van der Waals surface area contributed by atoms with Crippen LogP contribution in [0, 0.1) is 5.82 Å². The molecular weight excluding hydrogens is 375 g/mol. The van der Waals surface area contributed by atoms with E-state index >= 15 is 0 Å². The average molecular weight is 395 g/mol. The molecule has 26 heavy (non-hydrogen) atoms. The maximum atomic E-state index is 14.0. The Labute approximate surface area is 161 Å². The first-order valence-electron chi connectivity index (χ1n) is 8.05. The van der Waals surface area contributed by atoms with Gasteiger partial charge in [-0.2, -0.15) is 0 Å². The summed E-state index contributed by atoms with van der Waals surface area (Å²) in [5.41, 5.74) is 0.369. The molecule has 2 amide bonds. The zero-order valence-electron chi connectivity index (χ0n) is 14.5. The van der Waals surface area contributed by atoms with Crippen molar-refractivity contribution in [3.05, 3.63) is 64.9 Å². The van der Waals surface area contributed by atoms with Crippen molar-refractivity contribution in [2.24, 2.45) is 0 Å². The van der Waals surface area contributed by atoms with Crippen LogP contribution in [0.15, 0.2) is 53.4 Å². The van der Waals surface area contributed by atoms with E-state index in [1.807, 2.05) is 12.1 Å². The molecule has 0 aliphatic rings. The molecule has 0 radical (unpaired) electrons. The highest BCUT2D eigenvalue weighted by Crippen LogP contribution is 2.22. The van der Waals surface area contributed by atoms with Crippen molar-refractivity contribution in [2.45, 2.75) is 24.4 Å². The van der Waals surface area contributed by atoms with Crippen LogP contribution in [0.5, 0.6) is 0 Å². The summed E-state index contributed by atoms with van der Waals surface area (Å²) in [6, 6.07) is 12.7. The van der Waals surface area contributed by atoms with Crippen molar-refractivity contribution < 1.29 is 14.0 Å². The average Bonchev–Trinajstić information content (AvgIpc) is 2.65. The fourth-order valence-electron chi connectivity index (χ4n) is 2.36. The molecule has 0 saturated carbocycles. The number of rotatable bonds is 7. The third-order valence-electron chi connectivity index (χ3n) is 3.89. The molecule has 2 aromatic carbocycles. The van der Waals surface area contributed by atoms with E-state index in [9.17, 15) is 14.0 Å². The summed E-state index contributed by atoms with van der Waals surface area (Å²) in [6.45, 7) is 1.66. The lowest BCUT2D eigenvalue weighted by atomic mass is 10.1. The van der Waals surface area contributed by atoms with Crippen LogP contribution in [0.4, 0.5) is 4.39 Å². The molecule has 0 bridgehead atoms. The maximum Gasteiger partial charge on any atom is 0.242 e. The summed E-state index contributed by atoms with van der Waals surface area (Å²) in [5.74, 6) is -0.813. The third kappa shape index (κ3) is 5.47. The van der Waals surface area contributed by atoms with Crippen molar-refractivity contribution in [3.63, 3.8) is 0 Å². The number of hydrogen-bond donors (Lipinski definition) is 1. The van der Waals surface area contributed by atoms with Crippen LogP contribution in [0.3, 0.4) is 0 Å². The molecule has 4 nitrogen and oxygen atoms in total. The Bertz CT molecular complexity index is 770. The minimum Gasteiger partial charge on any atom is -0.357 e. The van der Waals surface area contributed by atoms with Gasteiger partial charge in [0, 0.05) is 29.1 Å². The Kier molecular flexibility index (Phi) is 7.48. The number of likely N-dealkylation sites (N-methyl/N-ethyl adjacent to an activating group) is 1. The van der Waals surface area contributed by atoms with Gasteiger partial charge in [0.15, 0.2) is 0 Å². The van der Waals surface area contributed by atoms with Crippen LogP contribution in [-0.4, -0.2) is 35.6 Å². The fraction of sp³-hybridized carbons (Fsp3) is 0.263. The summed E-state index contributed by atoms with van der Waals surface area (Å²) in [7, 11) is 1.51. The smallest absolute Gasteiger partial charge is 0.242 e. The normalized spacial score (nSPS) is 11.7. The van der Waals surface area contributed by atoms with E-state index in [1.165, 1.54) is 29.8 Å². The van der Waals surface area contributed by atoms with Gasteiger partial charge < -0.3 is 10.2 Å². The molecule has 0 aliphatic heterocycles. The van der Waals surface area contributed by atoms with Crippen molar-refractivity contribution in [3.8, 4) is 0 Å². The maximum absolute atomic E-state index is 14.0. The number of nitrogens with one attached hydrogen (secondary N) is 1. The number of hydrogen-bond acceptors (Lipinski definition) is 3. The van der Waals surface area contributed by atoms with E-state index in [4.69, 9.17) is 11.6 Å². The molecule has 1 atom stereocenters.